The summed E-state index contributed by atoms with van der Waals surface area (Å²) in [5, 5.41) is 6.72. The number of hydrogen-bond acceptors (Lipinski definition) is 5. The van der Waals surface area contributed by atoms with Gasteiger partial charge in [-0.25, -0.2) is 4.79 Å². The molecule has 1 aromatic heterocycles. The first-order valence-corrected chi connectivity index (χ1v) is 9.55. The fraction of sp³-hybridized carbons (Fsp3) is 0.474. The lowest BCUT2D eigenvalue weighted by Crippen LogP contribution is -2.33. The molecule has 29 heavy (non-hydrogen) atoms. The maximum absolute atomic E-state index is 12.9. The number of anilines is 1. The Morgan fingerprint density at radius 2 is 1.97 bits per heavy atom. The van der Waals surface area contributed by atoms with E-state index < -0.39 is 18.2 Å². The Morgan fingerprint density at radius 1 is 1.28 bits per heavy atom. The van der Waals surface area contributed by atoms with Gasteiger partial charge in [0, 0.05) is 23.9 Å². The van der Waals surface area contributed by atoms with Crippen molar-refractivity contribution in [1.82, 2.24) is 9.78 Å². The van der Waals surface area contributed by atoms with Crippen LogP contribution in [0.15, 0.2) is 18.2 Å². The van der Waals surface area contributed by atoms with Crippen LogP contribution >= 0.6 is 11.6 Å². The summed E-state index contributed by atoms with van der Waals surface area (Å²) < 4.78 is 50.7. The van der Waals surface area contributed by atoms with Gasteiger partial charge in [-0.1, -0.05) is 11.6 Å². The van der Waals surface area contributed by atoms with Gasteiger partial charge in [-0.15, -0.1) is 0 Å². The largest absolute Gasteiger partial charge is 0.493 e. The average Bonchev–Trinajstić information content (AvgIpc) is 2.98. The summed E-state index contributed by atoms with van der Waals surface area (Å²) in [6.07, 6.45) is -4.39. The van der Waals surface area contributed by atoms with Crippen molar-refractivity contribution in [2.24, 2.45) is 0 Å². The molecule has 10 heteroatoms. The van der Waals surface area contributed by atoms with E-state index in [2.05, 4.69) is 10.4 Å². The molecule has 0 aliphatic rings. The maximum Gasteiger partial charge on any atom is 0.408 e. The molecular weight excluding hydrogens is 411 g/mol. The van der Waals surface area contributed by atoms with Crippen molar-refractivity contribution in [1.29, 1.82) is 0 Å². The molecule has 0 aliphatic carbocycles. The smallest absolute Gasteiger partial charge is 0.408 e. The lowest BCUT2D eigenvalue weighted by Gasteiger charge is -2.20. The minimum Gasteiger partial charge on any atom is -0.493 e. The predicted octanol–water partition coefficient (Wildman–Crippen LogP) is 5.16. The molecule has 2 rings (SSSR count). The molecule has 0 fully saturated rings. The van der Waals surface area contributed by atoms with Gasteiger partial charge in [0.05, 0.1) is 18.9 Å². The summed E-state index contributed by atoms with van der Waals surface area (Å²) in [5.74, 6) is -0.333. The number of alkyl halides is 3. The molecule has 0 saturated carbocycles. The number of halogens is 4. The van der Waals surface area contributed by atoms with Crippen molar-refractivity contribution in [3.05, 3.63) is 28.9 Å². The lowest BCUT2D eigenvalue weighted by molar-refractivity contribution is -0.138. The summed E-state index contributed by atoms with van der Waals surface area (Å²) >= 11 is 6.43. The van der Waals surface area contributed by atoms with Crippen LogP contribution in [-0.2, 0) is 11.3 Å². The van der Waals surface area contributed by atoms with Gasteiger partial charge in [-0.05, 0) is 39.8 Å². The van der Waals surface area contributed by atoms with Crippen LogP contribution in [0.3, 0.4) is 0 Å². The van der Waals surface area contributed by atoms with E-state index in [-0.39, 0.29) is 29.6 Å². The Balaban J connectivity index is 2.52. The van der Waals surface area contributed by atoms with Crippen molar-refractivity contribution in [3.8, 4) is 17.0 Å². The maximum atomic E-state index is 12.9. The van der Waals surface area contributed by atoms with Crippen LogP contribution in [-0.4, -0.2) is 41.2 Å². The number of rotatable bonds is 8. The minimum absolute atomic E-state index is 0.0271. The molecule has 0 amide bonds. The fourth-order valence-corrected chi connectivity index (χ4v) is 2.98. The first-order chi connectivity index (χ1) is 13.6. The Kier molecular flexibility index (Phi) is 7.40. The first kappa shape index (κ1) is 22.9. The van der Waals surface area contributed by atoms with E-state index >= 15 is 0 Å². The summed E-state index contributed by atoms with van der Waals surface area (Å²) in [6.45, 7) is 7.14. The third-order valence-electron chi connectivity index (χ3n) is 4.07. The Morgan fingerprint density at radius 3 is 2.52 bits per heavy atom. The van der Waals surface area contributed by atoms with Gasteiger partial charge in [0.25, 0.3) is 0 Å². The van der Waals surface area contributed by atoms with Crippen LogP contribution in [0.2, 0.25) is 5.02 Å². The molecule has 1 heterocycles. The number of carbonyl (C=O) groups is 1. The molecule has 0 spiro atoms. The van der Waals surface area contributed by atoms with Crippen molar-refractivity contribution >= 4 is 23.3 Å². The van der Waals surface area contributed by atoms with E-state index in [1.54, 1.807) is 19.9 Å². The van der Waals surface area contributed by atoms with Crippen LogP contribution in [0.1, 0.15) is 38.2 Å². The van der Waals surface area contributed by atoms with E-state index in [1.165, 1.54) is 16.8 Å². The molecule has 160 valence electrons. The van der Waals surface area contributed by atoms with Crippen LogP contribution in [0.25, 0.3) is 11.3 Å². The van der Waals surface area contributed by atoms with Crippen LogP contribution in [0.5, 0.6) is 5.75 Å². The van der Waals surface area contributed by atoms with Crippen molar-refractivity contribution in [2.75, 3.05) is 18.5 Å². The second-order valence-corrected chi connectivity index (χ2v) is 6.48. The minimum atomic E-state index is -4.39. The number of esters is 1. The van der Waals surface area contributed by atoms with E-state index in [1.807, 2.05) is 6.92 Å². The van der Waals surface area contributed by atoms with Gasteiger partial charge in [-0.2, -0.15) is 18.3 Å². The van der Waals surface area contributed by atoms with E-state index in [4.69, 9.17) is 21.1 Å². The summed E-state index contributed by atoms with van der Waals surface area (Å²) in [7, 11) is 0. The molecule has 0 aliphatic heterocycles. The summed E-state index contributed by atoms with van der Waals surface area (Å²) in [5.41, 5.74) is 1.15. The Labute approximate surface area is 171 Å². The number of aromatic nitrogens is 2. The third kappa shape index (κ3) is 5.14. The quantitative estimate of drug-likeness (QED) is 0.582. The molecule has 0 bridgehead atoms. The van der Waals surface area contributed by atoms with Crippen molar-refractivity contribution in [3.63, 3.8) is 0 Å². The molecule has 6 nitrogen and oxygen atoms in total. The van der Waals surface area contributed by atoms with Crippen LogP contribution in [0.4, 0.5) is 18.9 Å². The highest BCUT2D eigenvalue weighted by atomic mass is 35.5. The van der Waals surface area contributed by atoms with Crippen LogP contribution in [0, 0.1) is 0 Å². The van der Waals surface area contributed by atoms with Crippen molar-refractivity contribution in [2.45, 2.75) is 46.5 Å². The highest BCUT2D eigenvalue weighted by Crippen LogP contribution is 2.39. The topological polar surface area (TPSA) is 65.4 Å². The van der Waals surface area contributed by atoms with E-state index in [0.29, 0.717) is 23.6 Å². The second kappa shape index (κ2) is 9.39. The molecule has 0 saturated heterocycles. The number of carbonyl (C=O) groups excluding carboxylic acids is 1. The van der Waals surface area contributed by atoms with E-state index in [9.17, 15) is 18.0 Å². The number of benzene rings is 1. The summed E-state index contributed by atoms with van der Waals surface area (Å²) in [4.78, 5) is 12.1. The number of nitrogens with one attached hydrogen (secondary N) is 1. The average molecular weight is 434 g/mol. The molecule has 1 unspecified atom stereocenters. The van der Waals surface area contributed by atoms with E-state index in [0.717, 1.165) is 6.92 Å². The monoisotopic (exact) mass is 433 g/mol. The Bertz CT molecular complexity index is 868. The lowest BCUT2D eigenvalue weighted by atomic mass is 10.1. The van der Waals surface area contributed by atoms with Gasteiger partial charge in [0.2, 0.25) is 0 Å². The van der Waals surface area contributed by atoms with Gasteiger partial charge < -0.3 is 14.8 Å². The standard InChI is InChI=1S/C19H23ClF3N3O3/c1-5-26-17(15(20)16(25-26)18(27)29-7-3)13-9-8-12(10-14(13)28-6-2)24-11(4)19(21,22)23/h8-11,24H,5-7H2,1-4H3. The Hall–Kier alpha value is -2.42. The predicted molar refractivity (Wildman–Crippen MR) is 105 cm³/mol. The van der Waals surface area contributed by atoms with Crippen LogP contribution < -0.4 is 10.1 Å². The first-order valence-electron chi connectivity index (χ1n) is 9.17. The van der Waals surface area contributed by atoms with Crippen molar-refractivity contribution < 1.29 is 27.4 Å². The normalized spacial score (nSPS) is 12.6. The van der Waals surface area contributed by atoms with Gasteiger partial charge >= 0.3 is 12.1 Å². The molecule has 0 radical (unpaired) electrons. The molecule has 1 atom stereocenters. The molecule has 2 aromatic rings. The van der Waals surface area contributed by atoms with Gasteiger partial charge in [0.15, 0.2) is 5.69 Å². The number of nitrogens with zero attached hydrogens (tertiary/aromatic N) is 2. The zero-order valence-electron chi connectivity index (χ0n) is 16.6. The summed E-state index contributed by atoms with van der Waals surface area (Å²) in [6, 6.07) is 2.81. The highest BCUT2D eigenvalue weighted by molar-refractivity contribution is 6.36. The molecule has 1 N–H and O–H groups in total. The SMILES string of the molecule is CCOC(=O)c1nn(CC)c(-c2ccc(NC(C)C(F)(F)F)cc2OCC)c1Cl. The third-order valence-corrected chi connectivity index (χ3v) is 4.43. The number of ether oxygens (including phenoxy) is 2. The number of aryl methyl sites for hydroxylation is 1. The number of hydrogen-bond donors (Lipinski definition) is 1. The zero-order chi connectivity index (χ0) is 21.8. The fourth-order valence-electron chi connectivity index (χ4n) is 2.67. The zero-order valence-corrected chi connectivity index (χ0v) is 17.3. The molecular formula is C19H23ClF3N3O3. The van der Waals surface area contributed by atoms with Gasteiger partial charge in [0.1, 0.15) is 16.8 Å². The molecule has 1 aromatic carbocycles. The van der Waals surface area contributed by atoms with Gasteiger partial charge in [-0.3, -0.25) is 4.68 Å². The second-order valence-electron chi connectivity index (χ2n) is 6.10. The highest BCUT2D eigenvalue weighted by Gasteiger charge is 2.36.